The van der Waals surface area contributed by atoms with Crippen LogP contribution in [0, 0.1) is 5.82 Å². The Kier molecular flexibility index (Phi) is 5.49. The van der Waals surface area contributed by atoms with Crippen molar-refractivity contribution in [2.24, 2.45) is 0 Å². The van der Waals surface area contributed by atoms with E-state index in [1.807, 2.05) is 42.3 Å². The van der Waals surface area contributed by atoms with E-state index in [1.54, 1.807) is 12.1 Å². The number of nitrogens with zero attached hydrogens (tertiary/aromatic N) is 1. The number of ether oxygens (including phenoxy) is 1. The average molecular weight is 302 g/mol. The molecule has 0 saturated carbocycles. The molecule has 0 aromatic heterocycles. The van der Waals surface area contributed by atoms with Crippen molar-refractivity contribution in [2.75, 3.05) is 26.0 Å². The number of likely N-dealkylation sites (N-methyl/N-ethyl adjacent to an activating group) is 1. The SMILES string of the molecule is COc1ccc(CN(C)CC(=O)Nc2ccccc2)cc1F. The molecule has 2 rings (SSSR count). The number of hydrogen-bond donors (Lipinski definition) is 1. The molecule has 0 heterocycles. The van der Waals surface area contributed by atoms with E-state index < -0.39 is 5.82 Å². The molecule has 0 unspecified atom stereocenters. The highest BCUT2D eigenvalue weighted by atomic mass is 19.1. The summed E-state index contributed by atoms with van der Waals surface area (Å²) in [5.41, 5.74) is 1.55. The van der Waals surface area contributed by atoms with Crippen LogP contribution >= 0.6 is 0 Å². The third-order valence-corrected chi connectivity index (χ3v) is 3.14. The summed E-state index contributed by atoms with van der Waals surface area (Å²) in [6, 6.07) is 14.1. The van der Waals surface area contributed by atoms with Crippen molar-refractivity contribution in [3.05, 3.63) is 59.9 Å². The van der Waals surface area contributed by atoms with Gasteiger partial charge in [-0.1, -0.05) is 24.3 Å². The Bertz CT molecular complexity index is 632. The van der Waals surface area contributed by atoms with Gasteiger partial charge in [-0.3, -0.25) is 9.69 Å². The van der Waals surface area contributed by atoms with Crippen LogP contribution in [0.15, 0.2) is 48.5 Å². The predicted molar refractivity (Wildman–Crippen MR) is 84.4 cm³/mol. The zero-order valence-electron chi connectivity index (χ0n) is 12.7. The molecule has 0 aliphatic carbocycles. The first-order valence-corrected chi connectivity index (χ1v) is 6.94. The summed E-state index contributed by atoms with van der Waals surface area (Å²) < 4.78 is 18.5. The van der Waals surface area contributed by atoms with E-state index in [1.165, 1.54) is 13.2 Å². The molecule has 2 aromatic rings. The van der Waals surface area contributed by atoms with Gasteiger partial charge >= 0.3 is 0 Å². The minimum absolute atomic E-state index is 0.109. The molecular weight excluding hydrogens is 283 g/mol. The molecule has 0 aliphatic rings. The van der Waals surface area contributed by atoms with Gasteiger partial charge in [0.15, 0.2) is 11.6 Å². The molecular formula is C17H19FN2O2. The molecule has 0 bridgehead atoms. The van der Waals surface area contributed by atoms with Gasteiger partial charge in [0.25, 0.3) is 0 Å². The molecule has 0 spiro atoms. The van der Waals surface area contributed by atoms with Crippen molar-refractivity contribution in [1.82, 2.24) is 4.90 Å². The van der Waals surface area contributed by atoms with E-state index >= 15 is 0 Å². The highest BCUT2D eigenvalue weighted by Crippen LogP contribution is 2.18. The van der Waals surface area contributed by atoms with E-state index in [4.69, 9.17) is 4.74 Å². The maximum Gasteiger partial charge on any atom is 0.238 e. The summed E-state index contributed by atoms with van der Waals surface area (Å²) in [5, 5.41) is 2.81. The molecule has 116 valence electrons. The normalized spacial score (nSPS) is 10.5. The number of amides is 1. The smallest absolute Gasteiger partial charge is 0.238 e. The van der Waals surface area contributed by atoms with Crippen LogP contribution in [-0.2, 0) is 11.3 Å². The lowest BCUT2D eigenvalue weighted by Crippen LogP contribution is -2.29. The van der Waals surface area contributed by atoms with Gasteiger partial charge in [-0.2, -0.15) is 0 Å². The van der Waals surface area contributed by atoms with Crippen molar-refractivity contribution in [3.8, 4) is 5.75 Å². The number of benzene rings is 2. The number of hydrogen-bond acceptors (Lipinski definition) is 3. The van der Waals surface area contributed by atoms with Gasteiger partial charge in [-0.05, 0) is 36.9 Å². The number of carbonyl (C=O) groups is 1. The lowest BCUT2D eigenvalue weighted by atomic mass is 10.2. The van der Waals surface area contributed by atoms with Crippen molar-refractivity contribution in [3.63, 3.8) is 0 Å². The average Bonchev–Trinajstić information content (AvgIpc) is 2.48. The van der Waals surface area contributed by atoms with Gasteiger partial charge in [0.2, 0.25) is 5.91 Å². The first-order chi connectivity index (χ1) is 10.6. The van der Waals surface area contributed by atoms with Crippen LogP contribution in [-0.4, -0.2) is 31.5 Å². The number of para-hydroxylation sites is 1. The number of anilines is 1. The monoisotopic (exact) mass is 302 g/mol. The fourth-order valence-corrected chi connectivity index (χ4v) is 2.14. The lowest BCUT2D eigenvalue weighted by molar-refractivity contribution is -0.117. The van der Waals surface area contributed by atoms with Crippen LogP contribution in [0.1, 0.15) is 5.56 Å². The minimum atomic E-state index is -0.401. The molecule has 1 N–H and O–H groups in total. The van der Waals surface area contributed by atoms with Crippen LogP contribution in [0.2, 0.25) is 0 Å². The third-order valence-electron chi connectivity index (χ3n) is 3.14. The molecule has 1 amide bonds. The first kappa shape index (κ1) is 16.0. The number of nitrogens with one attached hydrogen (secondary N) is 1. The fourth-order valence-electron chi connectivity index (χ4n) is 2.14. The van der Waals surface area contributed by atoms with Crippen LogP contribution in [0.25, 0.3) is 0 Å². The fraction of sp³-hybridized carbons (Fsp3) is 0.235. The minimum Gasteiger partial charge on any atom is -0.494 e. The van der Waals surface area contributed by atoms with E-state index in [9.17, 15) is 9.18 Å². The first-order valence-electron chi connectivity index (χ1n) is 6.94. The molecule has 5 heteroatoms. The number of carbonyl (C=O) groups excluding carboxylic acids is 1. The second-order valence-electron chi connectivity index (χ2n) is 5.06. The van der Waals surface area contributed by atoms with Crippen molar-refractivity contribution in [2.45, 2.75) is 6.54 Å². The van der Waals surface area contributed by atoms with Gasteiger partial charge in [0.05, 0.1) is 13.7 Å². The third kappa shape index (κ3) is 4.56. The number of methoxy groups -OCH3 is 1. The summed E-state index contributed by atoms with van der Waals surface area (Å²) in [7, 11) is 3.24. The molecule has 2 aromatic carbocycles. The molecule has 0 fully saturated rings. The second-order valence-corrected chi connectivity index (χ2v) is 5.06. The summed E-state index contributed by atoms with van der Waals surface area (Å²) in [4.78, 5) is 13.8. The Labute approximate surface area is 129 Å². The molecule has 22 heavy (non-hydrogen) atoms. The van der Waals surface area contributed by atoms with Gasteiger partial charge in [0, 0.05) is 12.2 Å². The largest absolute Gasteiger partial charge is 0.494 e. The molecule has 0 atom stereocenters. The van der Waals surface area contributed by atoms with Crippen LogP contribution in [0.4, 0.5) is 10.1 Å². The zero-order chi connectivity index (χ0) is 15.9. The predicted octanol–water partition coefficient (Wildman–Crippen LogP) is 2.90. The summed E-state index contributed by atoms with van der Waals surface area (Å²) in [5.74, 6) is -0.293. The van der Waals surface area contributed by atoms with E-state index in [0.717, 1.165) is 11.3 Å². The summed E-state index contributed by atoms with van der Waals surface area (Å²) in [6.07, 6.45) is 0. The maximum atomic E-state index is 13.6. The summed E-state index contributed by atoms with van der Waals surface area (Å²) in [6.45, 7) is 0.700. The van der Waals surface area contributed by atoms with Crippen LogP contribution in [0.5, 0.6) is 5.75 Å². The zero-order valence-corrected chi connectivity index (χ0v) is 12.7. The summed E-state index contributed by atoms with van der Waals surface area (Å²) >= 11 is 0. The standard InChI is InChI=1S/C17H19FN2O2/c1-20(11-13-8-9-16(22-2)15(18)10-13)12-17(21)19-14-6-4-3-5-7-14/h3-10H,11-12H2,1-2H3,(H,19,21). The topological polar surface area (TPSA) is 41.6 Å². The van der Waals surface area contributed by atoms with Crippen molar-refractivity contribution in [1.29, 1.82) is 0 Å². The highest BCUT2D eigenvalue weighted by molar-refractivity contribution is 5.92. The molecule has 0 saturated heterocycles. The van der Waals surface area contributed by atoms with Crippen LogP contribution in [0.3, 0.4) is 0 Å². The van der Waals surface area contributed by atoms with Gasteiger partial charge in [-0.25, -0.2) is 4.39 Å². The number of halogens is 1. The van der Waals surface area contributed by atoms with Gasteiger partial charge in [-0.15, -0.1) is 0 Å². The molecule has 0 aliphatic heterocycles. The molecule has 0 radical (unpaired) electrons. The Hall–Kier alpha value is -2.40. The second kappa shape index (κ2) is 7.56. The highest BCUT2D eigenvalue weighted by Gasteiger charge is 2.09. The van der Waals surface area contributed by atoms with Gasteiger partial charge < -0.3 is 10.1 Å². The number of rotatable bonds is 6. The Morgan fingerprint density at radius 1 is 1.23 bits per heavy atom. The van der Waals surface area contributed by atoms with E-state index in [2.05, 4.69) is 5.32 Å². The van der Waals surface area contributed by atoms with Gasteiger partial charge in [0.1, 0.15) is 0 Å². The van der Waals surface area contributed by atoms with Crippen molar-refractivity contribution >= 4 is 11.6 Å². The maximum absolute atomic E-state index is 13.6. The van der Waals surface area contributed by atoms with E-state index in [0.29, 0.717) is 6.54 Å². The van der Waals surface area contributed by atoms with Crippen molar-refractivity contribution < 1.29 is 13.9 Å². The quantitative estimate of drug-likeness (QED) is 0.892. The molecule has 4 nitrogen and oxygen atoms in total. The Morgan fingerprint density at radius 2 is 1.95 bits per heavy atom. The Morgan fingerprint density at radius 3 is 2.59 bits per heavy atom. The Balaban J connectivity index is 1.88. The van der Waals surface area contributed by atoms with Crippen LogP contribution < -0.4 is 10.1 Å². The van der Waals surface area contributed by atoms with E-state index in [-0.39, 0.29) is 18.2 Å². The lowest BCUT2D eigenvalue weighted by Gasteiger charge is -2.16.